The van der Waals surface area contributed by atoms with Crippen LogP contribution in [0.15, 0.2) is 53.3 Å². The fourth-order valence-corrected chi connectivity index (χ4v) is 4.93. The molecule has 0 aliphatic carbocycles. The largest absolute Gasteiger partial charge is 0.497 e. The van der Waals surface area contributed by atoms with Crippen LogP contribution < -0.4 is 30.0 Å². The third-order valence-corrected chi connectivity index (χ3v) is 6.95. The van der Waals surface area contributed by atoms with Crippen LogP contribution in [0, 0.1) is 11.6 Å². The number of hydrogen-bond donors (Lipinski definition) is 2. The van der Waals surface area contributed by atoms with E-state index in [1.165, 1.54) is 39.5 Å². The summed E-state index contributed by atoms with van der Waals surface area (Å²) in [6, 6.07) is 9.48. The molecule has 2 aromatic heterocycles. The normalized spacial score (nSPS) is 13.9. The van der Waals surface area contributed by atoms with Gasteiger partial charge in [-0.2, -0.15) is 13.5 Å². The molecule has 0 atom stereocenters. The summed E-state index contributed by atoms with van der Waals surface area (Å²) >= 11 is 0. The van der Waals surface area contributed by atoms with Crippen molar-refractivity contribution in [3.05, 3.63) is 76.1 Å². The van der Waals surface area contributed by atoms with Gasteiger partial charge in [0, 0.05) is 50.0 Å². The quantitative estimate of drug-likeness (QED) is 0.271. The zero-order chi connectivity index (χ0) is 31.9. The number of aliphatic hydroxyl groups is 1. The molecule has 0 unspecified atom stereocenters. The van der Waals surface area contributed by atoms with E-state index in [0.717, 1.165) is 33.6 Å². The Morgan fingerprint density at radius 1 is 0.977 bits per heavy atom. The van der Waals surface area contributed by atoms with Gasteiger partial charge in [-0.3, -0.25) is 14.3 Å². The number of methoxy groups -OCH3 is 2. The van der Waals surface area contributed by atoms with Gasteiger partial charge in [0.2, 0.25) is 0 Å². The molecule has 3 heterocycles. The summed E-state index contributed by atoms with van der Waals surface area (Å²) in [6.45, 7) is -0.908. The molecule has 0 radical (unpaired) electrons. The molecular formula is C29H27F4N5O6. The number of rotatable bonds is 9. The molecular weight excluding hydrogens is 590 g/mol. The Morgan fingerprint density at radius 3 is 2.09 bits per heavy atom. The zero-order valence-corrected chi connectivity index (χ0v) is 23.9. The molecule has 1 aliphatic rings. The average molecular weight is 618 g/mol. The van der Waals surface area contributed by atoms with Crippen molar-refractivity contribution in [2.45, 2.75) is 19.1 Å². The summed E-state index contributed by atoms with van der Waals surface area (Å²) in [5.41, 5.74) is -3.37. The fraction of sp³-hybridized carbons (Fsp3) is 0.276. The molecule has 1 aliphatic heterocycles. The maximum atomic E-state index is 15.4. The van der Waals surface area contributed by atoms with Gasteiger partial charge in [0.25, 0.3) is 11.5 Å². The number of carbonyl (C=O) groups is 1. The molecule has 232 valence electrons. The van der Waals surface area contributed by atoms with E-state index < -0.39 is 46.6 Å². The molecule has 2 aromatic carbocycles. The van der Waals surface area contributed by atoms with Crippen LogP contribution in [0.1, 0.15) is 17.3 Å². The second kappa shape index (κ2) is 11.6. The number of amides is 1. The lowest BCUT2D eigenvalue weighted by Gasteiger charge is -2.45. The molecule has 2 N–H and O–H groups in total. The number of aromatic nitrogens is 3. The van der Waals surface area contributed by atoms with E-state index in [1.54, 1.807) is 17.9 Å². The van der Waals surface area contributed by atoms with Crippen LogP contribution in [-0.2, 0) is 7.05 Å². The van der Waals surface area contributed by atoms with E-state index >= 15 is 8.78 Å². The Labute approximate surface area is 247 Å². The first-order chi connectivity index (χ1) is 20.8. The summed E-state index contributed by atoms with van der Waals surface area (Å²) in [7, 11) is 3.98. The van der Waals surface area contributed by atoms with Gasteiger partial charge < -0.3 is 29.5 Å². The molecule has 0 spiro atoms. The minimum Gasteiger partial charge on any atom is -0.497 e. The van der Waals surface area contributed by atoms with Gasteiger partial charge in [-0.05, 0) is 31.2 Å². The smallest absolute Gasteiger partial charge is 0.387 e. The number of nitrogens with zero attached hydrogens (tertiary/aromatic N) is 4. The van der Waals surface area contributed by atoms with Crippen molar-refractivity contribution in [1.29, 1.82) is 0 Å². The fourth-order valence-electron chi connectivity index (χ4n) is 4.93. The SMILES string of the molecule is COc1cc(N2CC(C)(O)C2)nc(-n2c(=O)c(NC(=O)c3ccc(OC(F)F)cc3)c(-c3c(F)cc(OC)cc3F)n2C)c1. The highest BCUT2D eigenvalue weighted by Crippen LogP contribution is 2.35. The van der Waals surface area contributed by atoms with Gasteiger partial charge in [0.15, 0.2) is 5.82 Å². The van der Waals surface area contributed by atoms with Crippen molar-refractivity contribution < 1.29 is 41.7 Å². The first kappa shape index (κ1) is 30.4. The summed E-state index contributed by atoms with van der Waals surface area (Å²) in [5, 5.41) is 12.6. The van der Waals surface area contributed by atoms with Crippen molar-refractivity contribution in [1.82, 2.24) is 14.3 Å². The lowest BCUT2D eigenvalue weighted by molar-refractivity contribution is -0.0498. The average Bonchev–Trinajstić information content (AvgIpc) is 3.19. The van der Waals surface area contributed by atoms with Crippen LogP contribution >= 0.6 is 0 Å². The Morgan fingerprint density at radius 2 is 1.55 bits per heavy atom. The first-order valence-corrected chi connectivity index (χ1v) is 13.1. The second-order valence-electron chi connectivity index (χ2n) is 10.3. The van der Waals surface area contributed by atoms with Crippen LogP contribution in [0.4, 0.5) is 29.1 Å². The standard InChI is InChI=1S/C29H27F4N5O6/c1-29(41)13-37(14-29)21-11-18(43-4)12-22(34-21)38-27(40)24(35-26(39)15-5-7-16(8-6-15)44-28(32)33)25(36(38)2)23-19(30)9-17(42-3)10-20(23)31/h5-12,28,41H,13-14H2,1-4H3,(H,35,39). The number of ether oxygens (including phenoxy) is 3. The number of halogens is 4. The predicted molar refractivity (Wildman–Crippen MR) is 151 cm³/mol. The third-order valence-electron chi connectivity index (χ3n) is 6.95. The second-order valence-corrected chi connectivity index (χ2v) is 10.3. The maximum absolute atomic E-state index is 15.4. The number of pyridine rings is 1. The van der Waals surface area contributed by atoms with Gasteiger partial charge in [-0.1, -0.05) is 0 Å². The first-order valence-electron chi connectivity index (χ1n) is 13.1. The van der Waals surface area contributed by atoms with Crippen molar-refractivity contribution >= 4 is 17.4 Å². The van der Waals surface area contributed by atoms with Gasteiger partial charge in [-0.15, -0.1) is 0 Å². The molecule has 5 rings (SSSR count). The number of β-amino-alcohol motifs (C(OH)–C–C–N with tert-alkyl or cyclic N) is 1. The summed E-state index contributed by atoms with van der Waals surface area (Å²) in [6.07, 6.45) is 0. The number of alkyl halides is 2. The summed E-state index contributed by atoms with van der Waals surface area (Å²) in [5.74, 6) is -2.71. The Balaban J connectivity index is 1.66. The highest BCUT2D eigenvalue weighted by Gasteiger charge is 2.38. The topological polar surface area (TPSA) is 120 Å². The molecule has 1 saturated heterocycles. The van der Waals surface area contributed by atoms with Gasteiger partial charge >= 0.3 is 6.61 Å². The number of nitrogens with one attached hydrogen (secondary N) is 1. The Bertz CT molecular complexity index is 1760. The van der Waals surface area contributed by atoms with Crippen molar-refractivity contribution in [2.75, 3.05) is 37.5 Å². The van der Waals surface area contributed by atoms with Crippen LogP contribution in [0.3, 0.4) is 0 Å². The Kier molecular flexibility index (Phi) is 7.99. The van der Waals surface area contributed by atoms with E-state index in [1.807, 2.05) is 0 Å². The minimum atomic E-state index is -3.07. The molecule has 15 heteroatoms. The highest BCUT2D eigenvalue weighted by atomic mass is 19.3. The molecule has 0 saturated carbocycles. The number of hydrogen-bond acceptors (Lipinski definition) is 8. The molecule has 4 aromatic rings. The van der Waals surface area contributed by atoms with Crippen LogP contribution in [-0.4, -0.2) is 64.9 Å². The maximum Gasteiger partial charge on any atom is 0.387 e. The van der Waals surface area contributed by atoms with Crippen molar-refractivity contribution in [3.63, 3.8) is 0 Å². The molecule has 44 heavy (non-hydrogen) atoms. The minimum absolute atomic E-state index is 0.0111. The highest BCUT2D eigenvalue weighted by molar-refractivity contribution is 6.06. The van der Waals surface area contributed by atoms with Crippen LogP contribution in [0.25, 0.3) is 17.1 Å². The van der Waals surface area contributed by atoms with Crippen molar-refractivity contribution in [2.24, 2.45) is 7.05 Å². The number of anilines is 2. The number of benzene rings is 2. The van der Waals surface area contributed by atoms with Crippen LogP contribution in [0.5, 0.6) is 17.2 Å². The lowest BCUT2D eigenvalue weighted by atomic mass is 9.97. The van der Waals surface area contributed by atoms with Gasteiger partial charge in [0.05, 0.1) is 25.4 Å². The predicted octanol–water partition coefficient (Wildman–Crippen LogP) is 3.96. The van der Waals surface area contributed by atoms with E-state index in [-0.39, 0.29) is 41.7 Å². The van der Waals surface area contributed by atoms with Crippen molar-refractivity contribution in [3.8, 4) is 34.3 Å². The van der Waals surface area contributed by atoms with E-state index in [0.29, 0.717) is 11.6 Å². The Hall–Kier alpha value is -5.05. The van der Waals surface area contributed by atoms with Crippen LogP contribution in [0.2, 0.25) is 0 Å². The monoisotopic (exact) mass is 617 g/mol. The summed E-state index contributed by atoms with van der Waals surface area (Å²) in [4.78, 5) is 33.5. The van der Waals surface area contributed by atoms with E-state index in [4.69, 9.17) is 9.47 Å². The van der Waals surface area contributed by atoms with Gasteiger partial charge in [0.1, 0.15) is 46.1 Å². The zero-order valence-electron chi connectivity index (χ0n) is 23.9. The van der Waals surface area contributed by atoms with E-state index in [2.05, 4.69) is 15.0 Å². The molecule has 0 bridgehead atoms. The van der Waals surface area contributed by atoms with E-state index in [9.17, 15) is 23.5 Å². The lowest BCUT2D eigenvalue weighted by Crippen LogP contribution is -2.60. The molecule has 1 fully saturated rings. The number of carbonyl (C=O) groups excluding carboxylic acids is 1. The third kappa shape index (κ3) is 5.77. The summed E-state index contributed by atoms with van der Waals surface area (Å²) < 4.78 is 72.7. The molecule has 1 amide bonds. The van der Waals surface area contributed by atoms with Gasteiger partial charge in [-0.25, -0.2) is 13.8 Å². The molecule has 11 nitrogen and oxygen atoms in total.